The van der Waals surface area contributed by atoms with Crippen LogP contribution in [-0.4, -0.2) is 3.74 Å². The van der Waals surface area contributed by atoms with Crippen LogP contribution in [0.25, 0.3) is 0 Å². The summed E-state index contributed by atoms with van der Waals surface area (Å²) in [5.41, 5.74) is 0. The van der Waals surface area contributed by atoms with Gasteiger partial charge in [-0.25, -0.2) is 0 Å². The minimum absolute atomic E-state index is 0.0154. The molecule has 11 heavy (non-hydrogen) atoms. The first-order chi connectivity index (χ1) is 5.20. The van der Waals surface area contributed by atoms with Crippen molar-refractivity contribution in [1.82, 2.24) is 0 Å². The molecule has 0 saturated heterocycles. The number of halogens is 2. The monoisotopic (exact) mass is 278 g/mol. The van der Waals surface area contributed by atoms with Gasteiger partial charge in [0.25, 0.3) is 0 Å². The number of rotatable bonds is 4. The molecule has 0 spiro atoms. The first kappa shape index (κ1) is 10.9. The van der Waals surface area contributed by atoms with Gasteiger partial charge in [0.05, 0.1) is 15.9 Å². The fourth-order valence-corrected chi connectivity index (χ4v) is 1.59. The number of nitriles is 2. The lowest BCUT2D eigenvalue weighted by molar-refractivity contribution is 0.594. The van der Waals surface area contributed by atoms with E-state index < -0.39 is 0 Å². The van der Waals surface area contributed by atoms with Crippen molar-refractivity contribution in [3.8, 4) is 12.1 Å². The minimum Gasteiger partial charge on any atom is -0.198 e. The van der Waals surface area contributed by atoms with Gasteiger partial charge < -0.3 is 0 Å². The van der Waals surface area contributed by atoms with E-state index in [4.69, 9.17) is 10.5 Å². The van der Waals surface area contributed by atoms with Crippen molar-refractivity contribution >= 4 is 31.9 Å². The van der Waals surface area contributed by atoms with Crippen molar-refractivity contribution in [2.24, 2.45) is 5.92 Å². The lowest BCUT2D eigenvalue weighted by atomic mass is 10.0. The van der Waals surface area contributed by atoms with Crippen molar-refractivity contribution in [2.75, 3.05) is 0 Å². The number of nitrogens with zero attached hydrogens (tertiary/aromatic N) is 2. The third kappa shape index (κ3) is 6.34. The van der Waals surface area contributed by atoms with E-state index in [1.165, 1.54) is 0 Å². The molecular weight excluding hydrogens is 272 g/mol. The molecule has 0 saturated carbocycles. The molecule has 0 radical (unpaired) electrons. The van der Waals surface area contributed by atoms with E-state index in [1.807, 2.05) is 6.07 Å². The summed E-state index contributed by atoms with van der Waals surface area (Å²) in [5, 5.41) is 16.9. The molecule has 4 heteroatoms. The van der Waals surface area contributed by atoms with Gasteiger partial charge in [-0.1, -0.05) is 31.9 Å². The quantitative estimate of drug-likeness (QED) is 0.743. The van der Waals surface area contributed by atoms with Gasteiger partial charge in [-0.15, -0.1) is 0 Å². The molecule has 0 aliphatic carbocycles. The summed E-state index contributed by atoms with van der Waals surface area (Å²) in [6.45, 7) is 0. The molecule has 0 amide bonds. The highest BCUT2D eigenvalue weighted by atomic mass is 79.9. The Morgan fingerprint density at radius 2 is 1.91 bits per heavy atom. The Bertz CT molecular complexity index is 178. The van der Waals surface area contributed by atoms with Crippen LogP contribution in [0.4, 0.5) is 0 Å². The van der Waals surface area contributed by atoms with Gasteiger partial charge in [-0.05, 0) is 12.8 Å². The van der Waals surface area contributed by atoms with E-state index in [0.29, 0.717) is 12.8 Å². The van der Waals surface area contributed by atoms with Gasteiger partial charge >= 0.3 is 0 Å². The van der Waals surface area contributed by atoms with Crippen LogP contribution < -0.4 is 0 Å². The van der Waals surface area contributed by atoms with Crippen LogP contribution in [0.5, 0.6) is 0 Å². The lowest BCUT2D eigenvalue weighted by Crippen LogP contribution is -2.00. The third-order valence-electron chi connectivity index (χ3n) is 1.25. The summed E-state index contributed by atoms with van der Waals surface area (Å²) < 4.78 is 0.179. The van der Waals surface area contributed by atoms with Crippen molar-refractivity contribution in [1.29, 1.82) is 10.5 Å². The predicted molar refractivity (Wildman–Crippen MR) is 50.2 cm³/mol. The van der Waals surface area contributed by atoms with Crippen LogP contribution >= 0.6 is 31.9 Å². The molecule has 0 rings (SSSR count). The van der Waals surface area contributed by atoms with Crippen molar-refractivity contribution < 1.29 is 0 Å². The van der Waals surface area contributed by atoms with Gasteiger partial charge in [0.15, 0.2) is 0 Å². The van der Waals surface area contributed by atoms with Crippen LogP contribution in [0.15, 0.2) is 0 Å². The smallest absolute Gasteiger partial charge is 0.0710 e. The third-order valence-corrected chi connectivity index (χ3v) is 2.00. The molecule has 0 aliphatic heterocycles. The summed E-state index contributed by atoms with van der Waals surface area (Å²) in [5.74, 6) is -0.0154. The normalized spacial score (nSPS) is 12.1. The Labute approximate surface area is 83.4 Å². The van der Waals surface area contributed by atoms with E-state index in [2.05, 4.69) is 37.9 Å². The first-order valence-corrected chi connectivity index (χ1v) is 5.08. The zero-order chi connectivity index (χ0) is 8.69. The fraction of sp³-hybridized carbons (Fsp3) is 0.714. The molecular formula is C7H8Br2N2. The minimum atomic E-state index is -0.0154. The topological polar surface area (TPSA) is 47.6 Å². The van der Waals surface area contributed by atoms with Crippen LogP contribution in [-0.2, 0) is 0 Å². The SMILES string of the molecule is N#CCCC(C#N)CC(Br)Br. The van der Waals surface area contributed by atoms with E-state index in [0.717, 1.165) is 6.42 Å². The highest BCUT2D eigenvalue weighted by Crippen LogP contribution is 2.21. The standard InChI is InChI=1S/C7H8Br2N2/c8-7(9)4-6(5-11)2-1-3-10/h6-7H,1-2,4H2. The average molecular weight is 280 g/mol. The maximum Gasteiger partial charge on any atom is 0.0710 e. The van der Waals surface area contributed by atoms with Gasteiger partial charge in [0.2, 0.25) is 0 Å². The van der Waals surface area contributed by atoms with Crippen molar-refractivity contribution in [2.45, 2.75) is 23.0 Å². The molecule has 0 aliphatic rings. The number of alkyl halides is 2. The number of hydrogen-bond acceptors (Lipinski definition) is 2. The van der Waals surface area contributed by atoms with Gasteiger partial charge in [0, 0.05) is 12.3 Å². The Hall–Kier alpha value is -0.0600. The summed E-state index contributed by atoms with van der Waals surface area (Å²) in [6.07, 6.45) is 1.88. The molecule has 60 valence electrons. The Morgan fingerprint density at radius 3 is 2.27 bits per heavy atom. The maximum absolute atomic E-state index is 8.60. The van der Waals surface area contributed by atoms with Gasteiger partial charge in [-0.3, -0.25) is 0 Å². The predicted octanol–water partition coefficient (Wildman–Crippen LogP) is 2.94. The molecule has 1 unspecified atom stereocenters. The highest BCUT2D eigenvalue weighted by molar-refractivity contribution is 9.24. The summed E-state index contributed by atoms with van der Waals surface area (Å²) >= 11 is 6.58. The Morgan fingerprint density at radius 1 is 1.27 bits per heavy atom. The van der Waals surface area contributed by atoms with Crippen LogP contribution in [0.2, 0.25) is 0 Å². The molecule has 0 N–H and O–H groups in total. The van der Waals surface area contributed by atoms with Gasteiger partial charge in [0.1, 0.15) is 0 Å². The summed E-state index contributed by atoms with van der Waals surface area (Å²) in [7, 11) is 0. The summed E-state index contributed by atoms with van der Waals surface area (Å²) in [6, 6.07) is 4.18. The molecule has 0 bridgehead atoms. The molecule has 0 fully saturated rings. The van der Waals surface area contributed by atoms with Crippen molar-refractivity contribution in [3.05, 3.63) is 0 Å². The lowest BCUT2D eigenvalue weighted by Gasteiger charge is -2.05. The fourth-order valence-electron chi connectivity index (χ4n) is 0.689. The molecule has 0 heterocycles. The Kier molecular flexibility index (Phi) is 6.60. The van der Waals surface area contributed by atoms with E-state index >= 15 is 0 Å². The molecule has 0 aromatic carbocycles. The second-order valence-corrected chi connectivity index (χ2v) is 5.59. The molecule has 1 atom stereocenters. The van der Waals surface area contributed by atoms with E-state index in [1.54, 1.807) is 0 Å². The van der Waals surface area contributed by atoms with Crippen LogP contribution in [0.3, 0.4) is 0 Å². The zero-order valence-electron chi connectivity index (χ0n) is 5.93. The van der Waals surface area contributed by atoms with Crippen LogP contribution in [0.1, 0.15) is 19.3 Å². The van der Waals surface area contributed by atoms with E-state index in [-0.39, 0.29) is 9.65 Å². The molecule has 0 aromatic rings. The maximum atomic E-state index is 8.60. The highest BCUT2D eigenvalue weighted by Gasteiger charge is 2.10. The molecule has 2 nitrogen and oxygen atoms in total. The second kappa shape index (κ2) is 6.64. The van der Waals surface area contributed by atoms with Crippen LogP contribution in [0, 0.1) is 28.6 Å². The average Bonchev–Trinajstić information content (AvgIpc) is 1.97. The van der Waals surface area contributed by atoms with E-state index in [9.17, 15) is 0 Å². The number of hydrogen-bond donors (Lipinski definition) is 0. The first-order valence-electron chi connectivity index (χ1n) is 3.25. The van der Waals surface area contributed by atoms with Gasteiger partial charge in [-0.2, -0.15) is 10.5 Å². The Balaban J connectivity index is 3.62. The summed E-state index contributed by atoms with van der Waals surface area (Å²) in [4.78, 5) is 0. The second-order valence-electron chi connectivity index (χ2n) is 2.15. The molecule has 0 aromatic heterocycles. The zero-order valence-corrected chi connectivity index (χ0v) is 9.10. The largest absolute Gasteiger partial charge is 0.198 e. The van der Waals surface area contributed by atoms with Crippen molar-refractivity contribution in [3.63, 3.8) is 0 Å².